The van der Waals surface area contributed by atoms with E-state index in [1.807, 2.05) is 12.1 Å². The number of anilines is 2. The standard InChI is InChI=1S/C15H11BrN2O3/c16-13-7-5-10(21-13)6-8-15(20)18-9-14(19)17-11-3-1-2-4-12(11)18/h1-8H,9H2,(H,17,19)/b8-6-. The van der Waals surface area contributed by atoms with Gasteiger partial charge >= 0.3 is 0 Å². The molecule has 2 aromatic rings. The van der Waals surface area contributed by atoms with Gasteiger partial charge < -0.3 is 9.73 Å². The van der Waals surface area contributed by atoms with E-state index in [4.69, 9.17) is 4.42 Å². The number of hydrogen-bond acceptors (Lipinski definition) is 3. The van der Waals surface area contributed by atoms with Gasteiger partial charge in [0.1, 0.15) is 12.3 Å². The number of halogens is 1. The summed E-state index contributed by atoms with van der Waals surface area (Å²) in [6.45, 7) is 0.00202. The van der Waals surface area contributed by atoms with Crippen molar-refractivity contribution in [2.75, 3.05) is 16.8 Å². The van der Waals surface area contributed by atoms with Crippen molar-refractivity contribution in [2.45, 2.75) is 0 Å². The molecular formula is C15H11BrN2O3. The van der Waals surface area contributed by atoms with Gasteiger partial charge in [0.2, 0.25) is 5.91 Å². The summed E-state index contributed by atoms with van der Waals surface area (Å²) in [5.41, 5.74) is 1.32. The summed E-state index contributed by atoms with van der Waals surface area (Å²) in [7, 11) is 0. The fraction of sp³-hybridized carbons (Fsp3) is 0.0667. The van der Waals surface area contributed by atoms with Crippen molar-refractivity contribution in [3.63, 3.8) is 0 Å². The number of nitrogens with one attached hydrogen (secondary N) is 1. The average Bonchev–Trinajstić information content (AvgIpc) is 2.89. The van der Waals surface area contributed by atoms with Crippen LogP contribution in [0.3, 0.4) is 0 Å². The molecular weight excluding hydrogens is 336 g/mol. The molecule has 0 radical (unpaired) electrons. The molecule has 0 saturated heterocycles. The normalized spacial score (nSPS) is 14.1. The number of para-hydroxylation sites is 2. The summed E-state index contributed by atoms with van der Waals surface area (Å²) in [6.07, 6.45) is 2.96. The van der Waals surface area contributed by atoms with Crippen molar-refractivity contribution in [3.8, 4) is 0 Å². The molecule has 0 unspecified atom stereocenters. The Hall–Kier alpha value is -2.34. The van der Waals surface area contributed by atoms with Crippen LogP contribution in [0.25, 0.3) is 6.08 Å². The Morgan fingerprint density at radius 2 is 2.10 bits per heavy atom. The van der Waals surface area contributed by atoms with Gasteiger partial charge in [0.05, 0.1) is 11.4 Å². The predicted molar refractivity (Wildman–Crippen MR) is 82.9 cm³/mol. The zero-order valence-corrected chi connectivity index (χ0v) is 12.5. The van der Waals surface area contributed by atoms with E-state index in [9.17, 15) is 9.59 Å². The van der Waals surface area contributed by atoms with Gasteiger partial charge in [-0.05, 0) is 46.3 Å². The van der Waals surface area contributed by atoms with Gasteiger partial charge in [-0.3, -0.25) is 14.5 Å². The number of amides is 2. The Bertz CT molecular complexity index is 736. The first-order valence-electron chi connectivity index (χ1n) is 6.27. The van der Waals surface area contributed by atoms with E-state index in [0.717, 1.165) is 0 Å². The third-order valence-corrected chi connectivity index (χ3v) is 3.45. The van der Waals surface area contributed by atoms with E-state index in [0.29, 0.717) is 21.8 Å². The highest BCUT2D eigenvalue weighted by Gasteiger charge is 2.25. The van der Waals surface area contributed by atoms with Crippen LogP contribution in [-0.2, 0) is 9.59 Å². The van der Waals surface area contributed by atoms with Gasteiger partial charge in [0.25, 0.3) is 5.91 Å². The third kappa shape index (κ3) is 2.90. The quantitative estimate of drug-likeness (QED) is 0.850. The first-order chi connectivity index (χ1) is 10.1. The first-order valence-corrected chi connectivity index (χ1v) is 7.06. The minimum absolute atomic E-state index is 0.00202. The van der Waals surface area contributed by atoms with Crippen LogP contribution in [0.5, 0.6) is 0 Å². The lowest BCUT2D eigenvalue weighted by molar-refractivity contribution is -0.119. The topological polar surface area (TPSA) is 62.6 Å². The molecule has 0 bridgehead atoms. The highest BCUT2D eigenvalue weighted by atomic mass is 79.9. The van der Waals surface area contributed by atoms with Gasteiger partial charge in [-0.15, -0.1) is 0 Å². The van der Waals surface area contributed by atoms with Crippen molar-refractivity contribution in [1.29, 1.82) is 0 Å². The molecule has 0 saturated carbocycles. The van der Waals surface area contributed by atoms with Crippen molar-refractivity contribution in [2.24, 2.45) is 0 Å². The Labute approximate surface area is 129 Å². The highest BCUT2D eigenvalue weighted by molar-refractivity contribution is 9.10. The molecule has 0 aliphatic carbocycles. The zero-order chi connectivity index (χ0) is 14.8. The summed E-state index contributed by atoms with van der Waals surface area (Å²) in [5, 5.41) is 2.74. The molecule has 0 spiro atoms. The molecule has 5 nitrogen and oxygen atoms in total. The second-order valence-corrected chi connectivity index (χ2v) is 5.25. The van der Waals surface area contributed by atoms with Crippen LogP contribution in [0.4, 0.5) is 11.4 Å². The molecule has 1 N–H and O–H groups in total. The first kappa shape index (κ1) is 13.6. The van der Waals surface area contributed by atoms with Gasteiger partial charge in [-0.1, -0.05) is 12.1 Å². The number of benzene rings is 1. The van der Waals surface area contributed by atoms with Crippen LogP contribution >= 0.6 is 15.9 Å². The minimum Gasteiger partial charge on any atom is -0.450 e. The number of carbonyl (C=O) groups excluding carboxylic acids is 2. The molecule has 3 rings (SSSR count). The van der Waals surface area contributed by atoms with Crippen LogP contribution < -0.4 is 10.2 Å². The maximum atomic E-state index is 12.3. The minimum atomic E-state index is -0.273. The van der Waals surface area contributed by atoms with Gasteiger partial charge in [-0.2, -0.15) is 0 Å². The Morgan fingerprint density at radius 3 is 2.86 bits per heavy atom. The van der Waals surface area contributed by atoms with Crippen LogP contribution in [0, 0.1) is 0 Å². The second-order valence-electron chi connectivity index (χ2n) is 4.46. The lowest BCUT2D eigenvalue weighted by Gasteiger charge is -2.28. The predicted octanol–water partition coefficient (Wildman–Crippen LogP) is 3.04. The molecule has 1 aliphatic rings. The molecule has 1 aliphatic heterocycles. The molecule has 1 aromatic carbocycles. The van der Waals surface area contributed by atoms with E-state index in [1.54, 1.807) is 30.3 Å². The van der Waals surface area contributed by atoms with Crippen molar-refractivity contribution in [3.05, 3.63) is 52.9 Å². The average molecular weight is 347 g/mol. The van der Waals surface area contributed by atoms with Crippen LogP contribution in [0.15, 0.2) is 51.6 Å². The van der Waals surface area contributed by atoms with E-state index >= 15 is 0 Å². The molecule has 0 atom stereocenters. The molecule has 2 heterocycles. The second kappa shape index (κ2) is 5.57. The summed E-state index contributed by atoms with van der Waals surface area (Å²) in [4.78, 5) is 25.4. The maximum absolute atomic E-state index is 12.3. The largest absolute Gasteiger partial charge is 0.450 e. The number of nitrogens with zero attached hydrogens (tertiary/aromatic N) is 1. The van der Waals surface area contributed by atoms with Crippen molar-refractivity contribution < 1.29 is 14.0 Å². The molecule has 106 valence electrons. The summed E-state index contributed by atoms with van der Waals surface area (Å²) in [6, 6.07) is 10.7. The number of fused-ring (bicyclic) bond motifs is 1. The van der Waals surface area contributed by atoms with E-state index in [2.05, 4.69) is 21.2 Å². The lowest BCUT2D eigenvalue weighted by Crippen LogP contribution is -2.41. The molecule has 1 aromatic heterocycles. The monoisotopic (exact) mass is 346 g/mol. The van der Waals surface area contributed by atoms with Gasteiger partial charge in [0.15, 0.2) is 4.67 Å². The molecule has 6 heteroatoms. The summed E-state index contributed by atoms with van der Waals surface area (Å²) in [5.74, 6) is 0.0750. The molecule has 0 fully saturated rings. The molecule has 2 amide bonds. The fourth-order valence-electron chi connectivity index (χ4n) is 2.09. The summed E-state index contributed by atoms with van der Waals surface area (Å²) >= 11 is 3.20. The third-order valence-electron chi connectivity index (χ3n) is 3.02. The van der Waals surface area contributed by atoms with E-state index in [1.165, 1.54) is 11.0 Å². The zero-order valence-electron chi connectivity index (χ0n) is 10.9. The van der Waals surface area contributed by atoms with Crippen LogP contribution in [0.1, 0.15) is 5.76 Å². The number of hydrogen-bond donors (Lipinski definition) is 1. The maximum Gasteiger partial charge on any atom is 0.251 e. The van der Waals surface area contributed by atoms with Crippen LogP contribution in [-0.4, -0.2) is 18.4 Å². The van der Waals surface area contributed by atoms with E-state index < -0.39 is 0 Å². The van der Waals surface area contributed by atoms with Gasteiger partial charge in [-0.25, -0.2) is 0 Å². The highest BCUT2D eigenvalue weighted by Crippen LogP contribution is 2.29. The van der Waals surface area contributed by atoms with Crippen molar-refractivity contribution in [1.82, 2.24) is 0 Å². The van der Waals surface area contributed by atoms with Gasteiger partial charge in [0, 0.05) is 6.08 Å². The number of carbonyl (C=O) groups is 2. The Kier molecular flexibility index (Phi) is 3.62. The van der Waals surface area contributed by atoms with E-state index in [-0.39, 0.29) is 18.4 Å². The summed E-state index contributed by atoms with van der Waals surface area (Å²) < 4.78 is 5.89. The SMILES string of the molecule is O=C1CN(C(=O)/C=C\c2ccc(Br)o2)c2ccccc2N1. The molecule has 21 heavy (non-hydrogen) atoms. The lowest BCUT2D eigenvalue weighted by atomic mass is 10.2. The van der Waals surface area contributed by atoms with Crippen LogP contribution in [0.2, 0.25) is 0 Å². The Morgan fingerprint density at radius 1 is 1.29 bits per heavy atom. The number of furan rings is 1. The Balaban J connectivity index is 1.85. The smallest absolute Gasteiger partial charge is 0.251 e. The number of rotatable bonds is 2. The van der Waals surface area contributed by atoms with Crippen molar-refractivity contribution >= 4 is 45.2 Å². The fourth-order valence-corrected chi connectivity index (χ4v) is 2.41.